The zero-order chi connectivity index (χ0) is 16.4. The minimum absolute atomic E-state index is 0.178. The van der Waals surface area contributed by atoms with Crippen LogP contribution in [0.15, 0.2) is 55.0 Å². The van der Waals surface area contributed by atoms with Gasteiger partial charge in [-0.15, -0.1) is 0 Å². The van der Waals surface area contributed by atoms with Crippen molar-refractivity contribution in [2.24, 2.45) is 0 Å². The number of hydrogen-bond acceptors (Lipinski definition) is 3. The van der Waals surface area contributed by atoms with Gasteiger partial charge in [0.05, 0.1) is 12.0 Å². The number of fused-ring (bicyclic) bond motifs is 2. The molecule has 1 atom stereocenters. The molecule has 24 heavy (non-hydrogen) atoms. The molecule has 1 unspecified atom stereocenters. The van der Waals surface area contributed by atoms with Gasteiger partial charge in [-0.25, -0.2) is 4.98 Å². The maximum Gasteiger partial charge on any atom is 0.159 e. The molecular weight excluding hydrogens is 300 g/mol. The van der Waals surface area contributed by atoms with Crippen LogP contribution in [0.25, 0.3) is 11.6 Å². The number of aromatic nitrogens is 2. The first-order chi connectivity index (χ1) is 11.8. The van der Waals surface area contributed by atoms with Crippen LogP contribution in [0.3, 0.4) is 0 Å². The lowest BCUT2D eigenvalue weighted by molar-refractivity contribution is 0.240. The van der Waals surface area contributed by atoms with Gasteiger partial charge in [0.2, 0.25) is 0 Å². The highest BCUT2D eigenvalue weighted by molar-refractivity contribution is 5.63. The summed E-state index contributed by atoms with van der Waals surface area (Å²) in [5.74, 6) is 6.88. The molecule has 3 heterocycles. The molecule has 4 nitrogen and oxygen atoms in total. The van der Waals surface area contributed by atoms with Gasteiger partial charge in [-0.2, -0.15) is 0 Å². The van der Waals surface area contributed by atoms with Crippen molar-refractivity contribution in [2.75, 3.05) is 13.7 Å². The number of benzene rings is 1. The van der Waals surface area contributed by atoms with Crippen LogP contribution in [0.1, 0.15) is 22.9 Å². The van der Waals surface area contributed by atoms with Crippen molar-refractivity contribution >= 4 is 11.6 Å². The second-order valence-electron chi connectivity index (χ2n) is 5.54. The number of ether oxygens (including phenoxy) is 2. The standard InChI is InChI=1S/C20H16N2O2/c1-23-11-3-4-15-6-8-19-16(12-15)7-9-20(24-19)18-13-17-5-2-10-22(17)14-21-18/h2,5-10,12-14,20H,11H2,1H3. The van der Waals surface area contributed by atoms with E-state index < -0.39 is 0 Å². The molecule has 1 aliphatic rings. The Morgan fingerprint density at radius 3 is 3.17 bits per heavy atom. The van der Waals surface area contributed by atoms with Crippen LogP contribution in [-0.4, -0.2) is 23.1 Å². The van der Waals surface area contributed by atoms with Gasteiger partial charge in [0.25, 0.3) is 0 Å². The van der Waals surface area contributed by atoms with Gasteiger partial charge in [0.1, 0.15) is 12.4 Å². The zero-order valence-electron chi connectivity index (χ0n) is 13.3. The summed E-state index contributed by atoms with van der Waals surface area (Å²) < 4.78 is 13.0. The number of nitrogens with zero attached hydrogens (tertiary/aromatic N) is 2. The molecule has 1 aliphatic heterocycles. The fourth-order valence-electron chi connectivity index (χ4n) is 2.71. The lowest BCUT2D eigenvalue weighted by Gasteiger charge is -2.21. The smallest absolute Gasteiger partial charge is 0.159 e. The molecule has 118 valence electrons. The largest absolute Gasteiger partial charge is 0.479 e. The molecule has 0 amide bonds. The maximum absolute atomic E-state index is 6.09. The summed E-state index contributed by atoms with van der Waals surface area (Å²) in [7, 11) is 1.64. The van der Waals surface area contributed by atoms with Gasteiger partial charge in [-0.05, 0) is 42.5 Å². The third kappa shape index (κ3) is 2.78. The summed E-state index contributed by atoms with van der Waals surface area (Å²) in [6.07, 6.45) is 7.70. The van der Waals surface area contributed by atoms with Crippen LogP contribution in [0.4, 0.5) is 0 Å². The molecule has 0 radical (unpaired) electrons. The molecule has 1 aromatic carbocycles. The molecule has 4 rings (SSSR count). The monoisotopic (exact) mass is 316 g/mol. The minimum atomic E-state index is -0.178. The Labute approximate surface area is 140 Å². The summed E-state index contributed by atoms with van der Waals surface area (Å²) in [4.78, 5) is 4.49. The number of rotatable bonds is 2. The van der Waals surface area contributed by atoms with Crippen molar-refractivity contribution in [2.45, 2.75) is 6.10 Å². The molecule has 0 saturated carbocycles. The molecule has 3 aromatic rings. The predicted octanol–water partition coefficient (Wildman–Crippen LogP) is 3.48. The van der Waals surface area contributed by atoms with Crippen molar-refractivity contribution in [1.29, 1.82) is 0 Å². The quantitative estimate of drug-likeness (QED) is 0.679. The second kappa shape index (κ2) is 6.23. The van der Waals surface area contributed by atoms with Gasteiger partial charge >= 0.3 is 0 Å². The van der Waals surface area contributed by atoms with E-state index in [-0.39, 0.29) is 6.10 Å². The van der Waals surface area contributed by atoms with Crippen LogP contribution < -0.4 is 4.74 Å². The Kier molecular flexibility index (Phi) is 3.78. The van der Waals surface area contributed by atoms with Crippen molar-refractivity contribution in [3.05, 3.63) is 71.8 Å². The Morgan fingerprint density at radius 2 is 2.25 bits per heavy atom. The van der Waals surface area contributed by atoms with E-state index in [2.05, 4.69) is 29.0 Å². The van der Waals surface area contributed by atoms with Crippen molar-refractivity contribution in [3.63, 3.8) is 0 Å². The molecule has 0 N–H and O–H groups in total. The topological polar surface area (TPSA) is 35.8 Å². The van der Waals surface area contributed by atoms with Crippen LogP contribution >= 0.6 is 0 Å². The SMILES string of the molecule is COCC#Cc1ccc2c(c1)C=CC(c1cc3cccn3cn1)O2. The Hall–Kier alpha value is -3.03. The van der Waals surface area contributed by atoms with Gasteiger partial charge in [-0.3, -0.25) is 0 Å². The van der Waals surface area contributed by atoms with E-state index in [4.69, 9.17) is 9.47 Å². The number of hydrogen-bond donors (Lipinski definition) is 0. The third-order valence-corrected chi connectivity index (χ3v) is 3.89. The van der Waals surface area contributed by atoms with Gasteiger partial charge in [0.15, 0.2) is 6.10 Å². The van der Waals surface area contributed by atoms with E-state index in [1.165, 1.54) is 0 Å². The van der Waals surface area contributed by atoms with E-state index in [9.17, 15) is 0 Å². The summed E-state index contributed by atoms with van der Waals surface area (Å²) in [6.45, 7) is 0.430. The first kappa shape index (κ1) is 14.6. The average molecular weight is 316 g/mol. The highest BCUT2D eigenvalue weighted by atomic mass is 16.5. The van der Waals surface area contributed by atoms with Gasteiger partial charge in [-0.1, -0.05) is 17.9 Å². The van der Waals surface area contributed by atoms with Crippen molar-refractivity contribution < 1.29 is 9.47 Å². The summed E-state index contributed by atoms with van der Waals surface area (Å²) >= 11 is 0. The van der Waals surface area contributed by atoms with Crippen LogP contribution in [0.5, 0.6) is 5.75 Å². The molecule has 0 spiro atoms. The highest BCUT2D eigenvalue weighted by Gasteiger charge is 2.18. The van der Waals surface area contributed by atoms with Gasteiger partial charge < -0.3 is 13.9 Å². The summed E-state index contributed by atoms with van der Waals surface area (Å²) in [5, 5.41) is 0. The number of methoxy groups -OCH3 is 1. The van der Waals surface area contributed by atoms with E-state index in [0.717, 1.165) is 28.1 Å². The lowest BCUT2D eigenvalue weighted by atomic mass is 10.0. The van der Waals surface area contributed by atoms with Crippen LogP contribution in [-0.2, 0) is 4.74 Å². The second-order valence-corrected chi connectivity index (χ2v) is 5.54. The van der Waals surface area contributed by atoms with Crippen LogP contribution in [0.2, 0.25) is 0 Å². The van der Waals surface area contributed by atoms with Gasteiger partial charge in [0, 0.05) is 30.0 Å². The first-order valence-electron chi connectivity index (χ1n) is 7.73. The molecular formula is C20H16N2O2. The summed E-state index contributed by atoms with van der Waals surface area (Å²) in [6, 6.07) is 12.0. The Bertz CT molecular complexity index is 976. The fraction of sp³-hybridized carbons (Fsp3) is 0.150. The molecule has 0 fully saturated rings. The third-order valence-electron chi connectivity index (χ3n) is 3.89. The van der Waals surface area contributed by atoms with Crippen LogP contribution in [0, 0.1) is 11.8 Å². The molecule has 2 aromatic heterocycles. The Morgan fingerprint density at radius 1 is 1.29 bits per heavy atom. The average Bonchev–Trinajstić information content (AvgIpc) is 3.09. The first-order valence-corrected chi connectivity index (χ1v) is 7.73. The van der Waals surface area contributed by atoms with Crippen molar-refractivity contribution in [3.8, 4) is 17.6 Å². The molecule has 0 saturated heterocycles. The van der Waals surface area contributed by atoms with E-state index >= 15 is 0 Å². The highest BCUT2D eigenvalue weighted by Crippen LogP contribution is 2.32. The predicted molar refractivity (Wildman–Crippen MR) is 92.8 cm³/mol. The van der Waals surface area contributed by atoms with E-state index in [0.29, 0.717) is 6.61 Å². The normalized spacial score (nSPS) is 15.5. The fourth-order valence-corrected chi connectivity index (χ4v) is 2.71. The minimum Gasteiger partial charge on any atom is -0.479 e. The zero-order valence-corrected chi connectivity index (χ0v) is 13.3. The molecule has 0 bridgehead atoms. The van der Waals surface area contributed by atoms with E-state index in [1.54, 1.807) is 7.11 Å². The maximum atomic E-state index is 6.09. The molecule has 0 aliphatic carbocycles. The summed E-state index contributed by atoms with van der Waals surface area (Å²) in [5.41, 5.74) is 3.98. The van der Waals surface area contributed by atoms with Crippen molar-refractivity contribution in [1.82, 2.24) is 9.38 Å². The Balaban J connectivity index is 1.60. The lowest BCUT2D eigenvalue weighted by Crippen LogP contribution is -2.11. The molecule has 4 heteroatoms. The van der Waals surface area contributed by atoms with E-state index in [1.807, 2.05) is 53.3 Å².